The van der Waals surface area contributed by atoms with E-state index in [1.54, 1.807) is 19.1 Å². The van der Waals surface area contributed by atoms with Crippen LogP contribution in [0.1, 0.15) is 44.6 Å². The molecule has 0 bridgehead atoms. The average Bonchev–Trinajstić information content (AvgIpc) is 2.49. The molecule has 1 aromatic rings. The first kappa shape index (κ1) is 16.1. The fraction of sp³-hybridized carbons (Fsp3) is 0.562. The zero-order valence-corrected chi connectivity index (χ0v) is 13.1. The molecular weight excluding hydrogens is 289 g/mol. The molecule has 0 spiro atoms. The first-order valence-corrected chi connectivity index (χ1v) is 8.86. The molecule has 0 saturated heterocycles. The van der Waals surface area contributed by atoms with Gasteiger partial charge in [-0.3, -0.25) is 9.00 Å². The predicted molar refractivity (Wildman–Crippen MR) is 82.7 cm³/mol. The van der Waals surface area contributed by atoms with Crippen LogP contribution >= 0.6 is 0 Å². The quantitative estimate of drug-likeness (QED) is 0.909. The van der Waals surface area contributed by atoms with Gasteiger partial charge in [0.1, 0.15) is 11.1 Å². The number of hydrogen-bond acceptors (Lipinski definition) is 2. The number of benzene rings is 1. The number of carbonyl (C=O) groups excluding carboxylic acids is 1. The maximum Gasteiger partial charge on any atom is 0.235 e. The summed E-state index contributed by atoms with van der Waals surface area (Å²) in [6.45, 7) is 1.69. The van der Waals surface area contributed by atoms with Gasteiger partial charge in [0, 0.05) is 22.6 Å². The summed E-state index contributed by atoms with van der Waals surface area (Å²) in [5.74, 6) is -0.172. The Bertz CT molecular complexity index is 498. The van der Waals surface area contributed by atoms with Gasteiger partial charge in [0.2, 0.25) is 5.91 Å². The molecular formula is C16H22FNO2S. The van der Waals surface area contributed by atoms with Crippen molar-refractivity contribution in [3.8, 4) is 0 Å². The highest BCUT2D eigenvalue weighted by molar-refractivity contribution is 7.85. The van der Waals surface area contributed by atoms with E-state index in [9.17, 15) is 13.4 Å². The van der Waals surface area contributed by atoms with Crippen LogP contribution in [-0.4, -0.2) is 21.4 Å². The zero-order chi connectivity index (χ0) is 15.2. The number of halogens is 1. The maximum absolute atomic E-state index is 12.8. The van der Waals surface area contributed by atoms with Crippen LogP contribution in [-0.2, 0) is 21.3 Å². The fourth-order valence-electron chi connectivity index (χ4n) is 2.55. The highest BCUT2D eigenvalue weighted by Crippen LogP contribution is 2.18. The lowest BCUT2D eigenvalue weighted by atomic mass is 9.95. The molecule has 1 fully saturated rings. The molecule has 0 aromatic heterocycles. The Morgan fingerprint density at radius 3 is 2.52 bits per heavy atom. The van der Waals surface area contributed by atoms with Crippen molar-refractivity contribution in [2.75, 3.05) is 0 Å². The number of rotatable bonds is 5. The Kier molecular flexibility index (Phi) is 5.91. The molecule has 116 valence electrons. The summed E-state index contributed by atoms with van der Waals surface area (Å²) in [4.78, 5) is 12.1. The minimum atomic E-state index is -1.29. The van der Waals surface area contributed by atoms with Gasteiger partial charge in [0.05, 0.1) is 0 Å². The van der Waals surface area contributed by atoms with Crippen molar-refractivity contribution >= 4 is 16.7 Å². The Morgan fingerprint density at radius 2 is 1.90 bits per heavy atom. The normalized spacial score (nSPS) is 19.0. The minimum absolute atomic E-state index is 0.137. The summed E-state index contributed by atoms with van der Waals surface area (Å²) in [6.07, 6.45) is 5.57. The molecule has 1 aromatic carbocycles. The summed E-state index contributed by atoms with van der Waals surface area (Å²) in [5.41, 5.74) is 0.784. The molecule has 1 aliphatic rings. The minimum Gasteiger partial charge on any atom is -0.352 e. The number of carbonyl (C=O) groups is 1. The number of hydrogen-bond donors (Lipinski definition) is 1. The lowest BCUT2D eigenvalue weighted by Gasteiger charge is -2.24. The molecule has 1 N–H and O–H groups in total. The SMILES string of the molecule is CC(C(=O)NC1CCCCC1)S(=O)Cc1ccc(F)cc1. The molecule has 5 heteroatoms. The largest absolute Gasteiger partial charge is 0.352 e. The second-order valence-electron chi connectivity index (χ2n) is 5.64. The van der Waals surface area contributed by atoms with E-state index in [0.717, 1.165) is 31.2 Å². The van der Waals surface area contributed by atoms with E-state index in [1.165, 1.54) is 18.6 Å². The van der Waals surface area contributed by atoms with Crippen LogP contribution in [0.4, 0.5) is 4.39 Å². The van der Waals surface area contributed by atoms with Crippen LogP contribution in [0.3, 0.4) is 0 Å². The summed E-state index contributed by atoms with van der Waals surface area (Å²) >= 11 is 0. The van der Waals surface area contributed by atoms with Crippen molar-refractivity contribution in [3.63, 3.8) is 0 Å². The van der Waals surface area contributed by atoms with Crippen molar-refractivity contribution < 1.29 is 13.4 Å². The van der Waals surface area contributed by atoms with Gasteiger partial charge >= 0.3 is 0 Å². The standard InChI is InChI=1S/C16H22FNO2S/c1-12(16(19)18-15-5-3-2-4-6-15)21(20)11-13-7-9-14(17)10-8-13/h7-10,12,15H,2-6,11H2,1H3,(H,18,19). The molecule has 3 nitrogen and oxygen atoms in total. The van der Waals surface area contributed by atoms with Gasteiger partial charge in [0.15, 0.2) is 0 Å². The first-order valence-electron chi connectivity index (χ1n) is 7.48. The molecule has 1 aliphatic carbocycles. The Labute approximate surface area is 127 Å². The summed E-state index contributed by atoms with van der Waals surface area (Å²) in [7, 11) is -1.29. The molecule has 0 radical (unpaired) electrons. The van der Waals surface area contributed by atoms with Crippen LogP contribution in [0, 0.1) is 5.82 Å². The molecule has 2 atom stereocenters. The molecule has 1 amide bonds. The van der Waals surface area contributed by atoms with Gasteiger partial charge in [0.25, 0.3) is 0 Å². The van der Waals surface area contributed by atoms with Crippen LogP contribution in [0.25, 0.3) is 0 Å². The van der Waals surface area contributed by atoms with Gasteiger partial charge in [-0.2, -0.15) is 0 Å². The predicted octanol–water partition coefficient (Wildman–Crippen LogP) is 2.91. The maximum atomic E-state index is 12.8. The number of amides is 1. The van der Waals surface area contributed by atoms with Crippen LogP contribution in [0.5, 0.6) is 0 Å². The van der Waals surface area contributed by atoms with Gasteiger partial charge < -0.3 is 5.32 Å². The van der Waals surface area contributed by atoms with Crippen molar-refractivity contribution in [2.24, 2.45) is 0 Å². The monoisotopic (exact) mass is 311 g/mol. The van der Waals surface area contributed by atoms with Crippen LogP contribution in [0.2, 0.25) is 0 Å². The van der Waals surface area contributed by atoms with Crippen LogP contribution < -0.4 is 5.32 Å². The summed E-state index contributed by atoms with van der Waals surface area (Å²) in [5, 5.41) is 2.46. The van der Waals surface area contributed by atoms with Crippen molar-refractivity contribution in [1.29, 1.82) is 0 Å². The van der Waals surface area contributed by atoms with E-state index in [2.05, 4.69) is 5.32 Å². The first-order chi connectivity index (χ1) is 10.1. The van der Waals surface area contributed by atoms with Crippen LogP contribution in [0.15, 0.2) is 24.3 Å². The lowest BCUT2D eigenvalue weighted by molar-refractivity contribution is -0.121. The lowest BCUT2D eigenvalue weighted by Crippen LogP contribution is -2.42. The molecule has 2 unspecified atom stereocenters. The topological polar surface area (TPSA) is 46.2 Å². The van der Waals surface area contributed by atoms with E-state index < -0.39 is 16.0 Å². The smallest absolute Gasteiger partial charge is 0.235 e. The third kappa shape index (κ3) is 4.92. The fourth-order valence-corrected chi connectivity index (χ4v) is 3.63. The second-order valence-corrected chi connectivity index (χ2v) is 7.39. The third-order valence-electron chi connectivity index (χ3n) is 3.94. The Hall–Kier alpha value is -1.23. The van der Waals surface area contributed by atoms with E-state index in [1.807, 2.05) is 0 Å². The highest BCUT2D eigenvalue weighted by atomic mass is 32.2. The second kappa shape index (κ2) is 7.69. The Balaban J connectivity index is 1.85. The van der Waals surface area contributed by atoms with E-state index in [0.29, 0.717) is 0 Å². The third-order valence-corrected chi connectivity index (χ3v) is 5.56. The van der Waals surface area contributed by atoms with Gasteiger partial charge in [-0.05, 0) is 37.5 Å². The average molecular weight is 311 g/mol. The molecule has 0 heterocycles. The van der Waals surface area contributed by atoms with Gasteiger partial charge in [-0.25, -0.2) is 4.39 Å². The summed E-state index contributed by atoms with van der Waals surface area (Å²) in [6, 6.07) is 6.15. The van der Waals surface area contributed by atoms with Crippen molar-refractivity contribution in [2.45, 2.75) is 56.1 Å². The van der Waals surface area contributed by atoms with E-state index in [4.69, 9.17) is 0 Å². The molecule has 0 aliphatic heterocycles. The molecule has 21 heavy (non-hydrogen) atoms. The number of nitrogens with one attached hydrogen (secondary N) is 1. The molecule has 2 rings (SSSR count). The zero-order valence-electron chi connectivity index (χ0n) is 12.3. The van der Waals surface area contributed by atoms with Gasteiger partial charge in [-0.1, -0.05) is 31.4 Å². The molecule has 1 saturated carbocycles. The summed E-state index contributed by atoms with van der Waals surface area (Å²) < 4.78 is 25.1. The highest BCUT2D eigenvalue weighted by Gasteiger charge is 2.23. The van der Waals surface area contributed by atoms with Crippen molar-refractivity contribution in [3.05, 3.63) is 35.6 Å². The van der Waals surface area contributed by atoms with Crippen molar-refractivity contribution in [1.82, 2.24) is 5.32 Å². The van der Waals surface area contributed by atoms with E-state index in [-0.39, 0.29) is 23.5 Å². The Morgan fingerprint density at radius 1 is 1.29 bits per heavy atom. The van der Waals surface area contributed by atoms with E-state index >= 15 is 0 Å². The van der Waals surface area contributed by atoms with Gasteiger partial charge in [-0.15, -0.1) is 0 Å².